The molecule has 1 fully saturated rings. The molecule has 0 spiro atoms. The van der Waals surface area contributed by atoms with E-state index in [-0.39, 0.29) is 27.3 Å². The van der Waals surface area contributed by atoms with Crippen LogP contribution in [0.25, 0.3) is 32.3 Å². The van der Waals surface area contributed by atoms with Crippen LogP contribution in [0, 0.1) is 0 Å². The van der Waals surface area contributed by atoms with Crippen molar-refractivity contribution in [2.45, 2.75) is 141 Å². The number of thiophene rings is 1. The first kappa shape index (κ1) is 40.0. The summed E-state index contributed by atoms with van der Waals surface area (Å²) >= 11 is 1.64. The third kappa shape index (κ3) is 8.15. The van der Waals surface area contributed by atoms with E-state index in [0.717, 1.165) is 15.3 Å². The number of fused-ring (bicyclic) bond motifs is 1. The average molecular weight is 768 g/mol. The second-order valence-electron chi connectivity index (χ2n) is 18.6. The van der Waals surface area contributed by atoms with Crippen LogP contribution in [0.5, 0.6) is 0 Å². The highest BCUT2D eigenvalue weighted by atomic mass is 32.1. The standard InChI is InChI=1S/C38H61N5O4SSi3/c1-36(2,3)49(10,11)44-23-26-30(46-50(12,13)37(4,5)6)31(47-51(14,15)38(7,8)9)35(45-26)43-24-40-29-32(39)41-33(42-34(29)43)28-22-21-27(48-28)25-19-17-16-18-20-25/h16-22,24,26,30-31,35H,23H2,1-15H3,(H2,39,41,42)/t26-,30-,31-,35-/m1/s1. The van der Waals surface area contributed by atoms with Crippen molar-refractivity contribution in [1.29, 1.82) is 0 Å². The maximum absolute atomic E-state index is 7.39. The van der Waals surface area contributed by atoms with Gasteiger partial charge in [0.05, 0.1) is 17.8 Å². The maximum atomic E-state index is 7.39. The zero-order valence-electron chi connectivity index (χ0n) is 33.5. The van der Waals surface area contributed by atoms with E-state index < -0.39 is 37.3 Å². The molecule has 9 nitrogen and oxygen atoms in total. The van der Waals surface area contributed by atoms with E-state index in [1.54, 1.807) is 17.7 Å². The molecule has 1 saturated heterocycles. The first-order chi connectivity index (χ1) is 23.3. The molecular weight excluding hydrogens is 707 g/mol. The van der Waals surface area contributed by atoms with Crippen molar-refractivity contribution in [3.05, 3.63) is 48.8 Å². The molecule has 4 aromatic rings. The van der Waals surface area contributed by atoms with Gasteiger partial charge in [0.2, 0.25) is 0 Å². The van der Waals surface area contributed by atoms with Crippen molar-refractivity contribution in [2.24, 2.45) is 0 Å². The number of ether oxygens (including phenoxy) is 1. The van der Waals surface area contributed by atoms with Crippen molar-refractivity contribution in [2.75, 3.05) is 12.3 Å². The fourth-order valence-corrected chi connectivity index (χ4v) is 9.89. The summed E-state index contributed by atoms with van der Waals surface area (Å²) in [4.78, 5) is 16.6. The van der Waals surface area contributed by atoms with E-state index in [1.165, 1.54) is 0 Å². The van der Waals surface area contributed by atoms with E-state index in [4.69, 9.17) is 38.7 Å². The van der Waals surface area contributed by atoms with Crippen LogP contribution in [0.2, 0.25) is 54.4 Å². The van der Waals surface area contributed by atoms with Crippen molar-refractivity contribution >= 4 is 53.3 Å². The molecule has 0 bridgehead atoms. The molecule has 0 saturated carbocycles. The summed E-state index contributed by atoms with van der Waals surface area (Å²) in [6, 6.07) is 14.5. The fraction of sp³-hybridized carbons (Fsp3) is 0.605. The molecule has 5 rings (SSSR count). The zero-order valence-corrected chi connectivity index (χ0v) is 37.4. The summed E-state index contributed by atoms with van der Waals surface area (Å²) in [6.45, 7) is 34.6. The summed E-state index contributed by atoms with van der Waals surface area (Å²) in [5.41, 5.74) is 8.91. The number of anilines is 1. The number of imidazole rings is 1. The lowest BCUT2D eigenvalue weighted by Crippen LogP contribution is -2.54. The molecule has 0 unspecified atom stereocenters. The van der Waals surface area contributed by atoms with Gasteiger partial charge in [0.1, 0.15) is 23.8 Å². The Bertz CT molecular complexity index is 1820. The predicted molar refractivity (Wildman–Crippen MR) is 220 cm³/mol. The molecule has 2 N–H and O–H groups in total. The van der Waals surface area contributed by atoms with Gasteiger partial charge in [-0.05, 0) is 72.1 Å². The molecule has 0 radical (unpaired) electrons. The van der Waals surface area contributed by atoms with Crippen molar-refractivity contribution in [3.63, 3.8) is 0 Å². The van der Waals surface area contributed by atoms with Gasteiger partial charge in [0.25, 0.3) is 0 Å². The molecule has 0 amide bonds. The second kappa shape index (κ2) is 13.9. The summed E-state index contributed by atoms with van der Waals surface area (Å²) in [6.07, 6.45) is 0.0384. The monoisotopic (exact) mass is 767 g/mol. The van der Waals surface area contributed by atoms with E-state index in [2.05, 4.69) is 126 Å². The quantitative estimate of drug-likeness (QED) is 0.159. The largest absolute Gasteiger partial charge is 0.414 e. The van der Waals surface area contributed by atoms with Crippen LogP contribution in [-0.4, -0.2) is 69.4 Å². The van der Waals surface area contributed by atoms with Crippen LogP contribution in [0.1, 0.15) is 68.5 Å². The number of hydrogen-bond acceptors (Lipinski definition) is 9. The van der Waals surface area contributed by atoms with Crippen LogP contribution in [0.15, 0.2) is 48.8 Å². The first-order valence-electron chi connectivity index (χ1n) is 18.1. The van der Waals surface area contributed by atoms with Crippen molar-refractivity contribution in [3.8, 4) is 21.1 Å². The lowest BCUT2D eigenvalue weighted by Gasteiger charge is -2.44. The Labute approximate surface area is 313 Å². The van der Waals surface area contributed by atoms with Crippen LogP contribution in [0.3, 0.4) is 0 Å². The number of rotatable bonds is 10. The molecule has 51 heavy (non-hydrogen) atoms. The lowest BCUT2D eigenvalue weighted by atomic mass is 10.1. The van der Waals surface area contributed by atoms with Crippen molar-refractivity contribution in [1.82, 2.24) is 19.5 Å². The Morgan fingerprint density at radius 3 is 1.86 bits per heavy atom. The van der Waals surface area contributed by atoms with E-state index in [1.807, 2.05) is 22.8 Å². The lowest BCUT2D eigenvalue weighted by molar-refractivity contribution is -0.0470. The average Bonchev–Trinajstić information content (AvgIpc) is 3.73. The van der Waals surface area contributed by atoms with E-state index in [0.29, 0.717) is 29.4 Å². The Balaban J connectivity index is 1.63. The smallest absolute Gasteiger partial charge is 0.192 e. The van der Waals surface area contributed by atoms with E-state index in [9.17, 15) is 0 Å². The Hall–Kier alpha value is -2.24. The number of aromatic nitrogens is 4. The molecular formula is C38H61N5O4SSi3. The second-order valence-corrected chi connectivity index (χ2v) is 34.0. The minimum atomic E-state index is -2.34. The fourth-order valence-electron chi connectivity index (χ4n) is 5.33. The highest BCUT2D eigenvalue weighted by molar-refractivity contribution is 7.18. The minimum Gasteiger partial charge on any atom is -0.414 e. The number of benzene rings is 1. The Morgan fingerprint density at radius 2 is 1.29 bits per heavy atom. The summed E-state index contributed by atoms with van der Waals surface area (Å²) < 4.78 is 30.7. The number of nitrogen functional groups attached to an aromatic ring is 1. The predicted octanol–water partition coefficient (Wildman–Crippen LogP) is 10.5. The van der Waals surface area contributed by atoms with Gasteiger partial charge in [-0.2, -0.15) is 0 Å². The topological polar surface area (TPSA) is 107 Å². The van der Waals surface area contributed by atoms with Crippen LogP contribution < -0.4 is 5.73 Å². The van der Waals surface area contributed by atoms with Gasteiger partial charge in [-0.1, -0.05) is 92.6 Å². The molecule has 1 aromatic carbocycles. The molecule has 280 valence electrons. The minimum absolute atomic E-state index is 0.0188. The molecule has 3 aromatic heterocycles. The van der Waals surface area contributed by atoms with Gasteiger partial charge in [-0.3, -0.25) is 4.57 Å². The third-order valence-electron chi connectivity index (χ3n) is 11.8. The molecule has 4 atom stereocenters. The van der Waals surface area contributed by atoms with Crippen LogP contribution in [-0.2, 0) is 18.0 Å². The van der Waals surface area contributed by atoms with Gasteiger partial charge in [0, 0.05) is 4.88 Å². The Kier molecular flexibility index (Phi) is 10.9. The van der Waals surface area contributed by atoms with Crippen molar-refractivity contribution < 1.29 is 18.0 Å². The van der Waals surface area contributed by atoms with Crippen LogP contribution >= 0.6 is 11.3 Å². The summed E-state index contributed by atoms with van der Waals surface area (Å²) in [7, 11) is -6.76. The summed E-state index contributed by atoms with van der Waals surface area (Å²) in [5.74, 6) is 0.885. The molecule has 13 heteroatoms. The SMILES string of the molecule is CC(C)(C)[Si](C)(C)OC[C@H]1O[C@@H](n2cnc3c(N)nc(-c4ccc(-c5ccccc5)s4)nc32)[C@H](O[Si](C)(C)C(C)(C)C)[C@@H]1O[Si](C)(C)C(C)(C)C. The van der Waals surface area contributed by atoms with E-state index >= 15 is 0 Å². The van der Waals surface area contributed by atoms with Gasteiger partial charge in [0.15, 0.2) is 48.5 Å². The number of nitrogens with two attached hydrogens (primary N) is 1. The molecule has 0 aliphatic carbocycles. The third-order valence-corrected chi connectivity index (χ3v) is 26.4. The summed E-state index contributed by atoms with van der Waals surface area (Å²) in [5, 5.41) is -0.0123. The van der Waals surface area contributed by atoms with Crippen LogP contribution in [0.4, 0.5) is 5.82 Å². The molecule has 4 heterocycles. The highest BCUT2D eigenvalue weighted by Gasteiger charge is 2.55. The maximum Gasteiger partial charge on any atom is 0.192 e. The highest BCUT2D eigenvalue weighted by Crippen LogP contribution is 2.47. The number of hydrogen-bond donors (Lipinski definition) is 1. The van der Waals surface area contributed by atoms with Gasteiger partial charge >= 0.3 is 0 Å². The van der Waals surface area contributed by atoms with Gasteiger partial charge in [-0.25, -0.2) is 15.0 Å². The number of nitrogens with zero attached hydrogens (tertiary/aromatic N) is 4. The van der Waals surface area contributed by atoms with Gasteiger partial charge in [-0.15, -0.1) is 11.3 Å². The molecule has 1 aliphatic heterocycles. The zero-order chi connectivity index (χ0) is 37.9. The Morgan fingerprint density at radius 1 is 0.745 bits per heavy atom. The normalized spacial score (nSPS) is 21.2. The molecule has 1 aliphatic rings. The van der Waals surface area contributed by atoms with Gasteiger partial charge < -0.3 is 23.7 Å². The first-order valence-corrected chi connectivity index (χ1v) is 27.7.